The van der Waals surface area contributed by atoms with Gasteiger partial charge in [0.25, 0.3) is 0 Å². The second-order valence-corrected chi connectivity index (χ2v) is 10.1. The Kier molecular flexibility index (Phi) is 16.2. The average molecular weight is 391 g/mol. The molecule has 0 spiro atoms. The molecule has 0 nitrogen and oxygen atoms in total. The van der Waals surface area contributed by atoms with Crippen LogP contribution in [0.5, 0.6) is 0 Å². The third kappa shape index (κ3) is 14.7. The van der Waals surface area contributed by atoms with Gasteiger partial charge < -0.3 is 0 Å². The third-order valence-corrected chi connectivity index (χ3v) is 7.45. The van der Waals surface area contributed by atoms with Crippen LogP contribution in [0, 0.1) is 23.7 Å². The van der Waals surface area contributed by atoms with Gasteiger partial charge in [-0.1, -0.05) is 149 Å². The van der Waals surface area contributed by atoms with Crippen LogP contribution in [0.4, 0.5) is 0 Å². The first-order chi connectivity index (χ1) is 13.7. The highest BCUT2D eigenvalue weighted by molar-refractivity contribution is 5.12. The van der Waals surface area contributed by atoms with Crippen LogP contribution in [0.1, 0.15) is 143 Å². The van der Waals surface area contributed by atoms with Crippen LogP contribution in [0.2, 0.25) is 0 Å². The quantitative estimate of drug-likeness (QED) is 0.135. The number of rotatable bonds is 21. The lowest BCUT2D eigenvalue weighted by Gasteiger charge is -2.17. The first-order valence-electron chi connectivity index (χ1n) is 13.4. The molecule has 3 unspecified atom stereocenters. The lowest BCUT2D eigenvalue weighted by Crippen LogP contribution is -2.06. The SMILES string of the molecule is CCCC(CCCCCCCCCCCC(C)C(C)CC)CCCCC1C=C1. The molecule has 1 rings (SSSR count). The largest absolute Gasteiger partial charge is 0.0810 e. The van der Waals surface area contributed by atoms with Crippen LogP contribution in [0.25, 0.3) is 0 Å². The summed E-state index contributed by atoms with van der Waals surface area (Å²) in [5.74, 6) is 3.75. The minimum absolute atomic E-state index is 0.887. The fourth-order valence-corrected chi connectivity index (χ4v) is 4.75. The van der Waals surface area contributed by atoms with Gasteiger partial charge in [0.15, 0.2) is 0 Å². The third-order valence-electron chi connectivity index (χ3n) is 7.45. The van der Waals surface area contributed by atoms with Crippen LogP contribution in [0.15, 0.2) is 12.2 Å². The monoisotopic (exact) mass is 390 g/mol. The molecule has 3 atom stereocenters. The van der Waals surface area contributed by atoms with Crippen molar-refractivity contribution >= 4 is 0 Å². The molecular formula is C28H54. The fourth-order valence-electron chi connectivity index (χ4n) is 4.75. The van der Waals surface area contributed by atoms with Crippen LogP contribution in [-0.2, 0) is 0 Å². The van der Waals surface area contributed by atoms with E-state index in [1.54, 1.807) is 0 Å². The summed E-state index contributed by atoms with van der Waals surface area (Å²) in [5.41, 5.74) is 0. The lowest BCUT2D eigenvalue weighted by atomic mass is 9.89. The van der Waals surface area contributed by atoms with Crippen molar-refractivity contribution in [3.05, 3.63) is 12.2 Å². The first-order valence-corrected chi connectivity index (χ1v) is 13.4. The van der Waals surface area contributed by atoms with E-state index in [1.165, 1.54) is 116 Å². The second kappa shape index (κ2) is 17.6. The van der Waals surface area contributed by atoms with Gasteiger partial charge in [-0.2, -0.15) is 0 Å². The van der Waals surface area contributed by atoms with Gasteiger partial charge in [0, 0.05) is 0 Å². The Morgan fingerprint density at radius 3 is 1.57 bits per heavy atom. The number of hydrogen-bond donors (Lipinski definition) is 0. The highest BCUT2D eigenvalue weighted by Gasteiger charge is 2.12. The van der Waals surface area contributed by atoms with Gasteiger partial charge in [0.1, 0.15) is 0 Å². The zero-order valence-corrected chi connectivity index (χ0v) is 20.2. The maximum Gasteiger partial charge on any atom is -0.00531 e. The van der Waals surface area contributed by atoms with Crippen LogP contribution < -0.4 is 0 Å². The van der Waals surface area contributed by atoms with E-state index in [2.05, 4.69) is 39.8 Å². The molecule has 1 aliphatic carbocycles. The highest BCUT2D eigenvalue weighted by Crippen LogP contribution is 2.27. The van der Waals surface area contributed by atoms with Crippen molar-refractivity contribution in [3.63, 3.8) is 0 Å². The van der Waals surface area contributed by atoms with Gasteiger partial charge in [0.2, 0.25) is 0 Å². The van der Waals surface area contributed by atoms with Gasteiger partial charge in [-0.15, -0.1) is 0 Å². The fraction of sp³-hybridized carbons (Fsp3) is 0.929. The maximum atomic E-state index is 2.45. The normalized spacial score (nSPS) is 17.0. The van der Waals surface area contributed by atoms with E-state index in [0.29, 0.717) is 0 Å². The molecule has 0 amide bonds. The lowest BCUT2D eigenvalue weighted by molar-refractivity contribution is 0.342. The average Bonchev–Trinajstić information content (AvgIpc) is 3.52. The Morgan fingerprint density at radius 1 is 0.571 bits per heavy atom. The van der Waals surface area contributed by atoms with Crippen molar-refractivity contribution in [2.75, 3.05) is 0 Å². The molecule has 0 aromatic carbocycles. The van der Waals surface area contributed by atoms with Gasteiger partial charge >= 0.3 is 0 Å². The summed E-state index contributed by atoms with van der Waals surface area (Å²) < 4.78 is 0. The van der Waals surface area contributed by atoms with Crippen LogP contribution in [-0.4, -0.2) is 0 Å². The van der Waals surface area contributed by atoms with E-state index in [-0.39, 0.29) is 0 Å². The van der Waals surface area contributed by atoms with Gasteiger partial charge in [-0.25, -0.2) is 0 Å². The summed E-state index contributed by atoms with van der Waals surface area (Å²) in [5, 5.41) is 0. The minimum atomic E-state index is 0.887. The number of unbranched alkanes of at least 4 members (excludes halogenated alkanes) is 9. The summed E-state index contributed by atoms with van der Waals surface area (Å²) in [6.45, 7) is 9.57. The van der Waals surface area contributed by atoms with E-state index in [9.17, 15) is 0 Å². The molecule has 0 radical (unpaired) electrons. The Bertz CT molecular complexity index is 349. The summed E-state index contributed by atoms with van der Waals surface area (Å²) in [6, 6.07) is 0. The molecule has 0 aromatic rings. The van der Waals surface area contributed by atoms with Gasteiger partial charge in [-0.3, -0.25) is 0 Å². The molecular weight excluding hydrogens is 336 g/mol. The van der Waals surface area contributed by atoms with Crippen LogP contribution in [0.3, 0.4) is 0 Å². The van der Waals surface area contributed by atoms with E-state index in [0.717, 1.165) is 23.7 Å². The smallest absolute Gasteiger partial charge is 0.00531 e. The number of allylic oxidation sites excluding steroid dienone is 2. The standard InChI is InChI=1S/C28H54/c1-5-18-27(21-16-17-22-28-23-24-28)20-15-13-11-9-7-8-10-12-14-19-26(4)25(3)6-2/h23-28H,5-22H2,1-4H3. The Morgan fingerprint density at radius 2 is 1.07 bits per heavy atom. The van der Waals surface area contributed by atoms with E-state index in [1.807, 2.05) is 0 Å². The topological polar surface area (TPSA) is 0 Å². The van der Waals surface area contributed by atoms with E-state index in [4.69, 9.17) is 0 Å². The van der Waals surface area contributed by atoms with Crippen molar-refractivity contribution in [1.29, 1.82) is 0 Å². The maximum absolute atomic E-state index is 2.45. The summed E-state index contributed by atoms with van der Waals surface area (Å²) >= 11 is 0. The van der Waals surface area contributed by atoms with Crippen molar-refractivity contribution < 1.29 is 0 Å². The molecule has 0 saturated heterocycles. The summed E-state index contributed by atoms with van der Waals surface area (Å²) in [4.78, 5) is 0. The molecule has 28 heavy (non-hydrogen) atoms. The number of hydrogen-bond acceptors (Lipinski definition) is 0. The van der Waals surface area contributed by atoms with Crippen molar-refractivity contribution in [2.45, 2.75) is 143 Å². The first kappa shape index (κ1) is 25.8. The second-order valence-electron chi connectivity index (χ2n) is 10.1. The zero-order chi connectivity index (χ0) is 20.5. The molecule has 0 fully saturated rings. The molecule has 0 aliphatic heterocycles. The van der Waals surface area contributed by atoms with Gasteiger partial charge in [-0.05, 0) is 30.1 Å². The summed E-state index contributed by atoms with van der Waals surface area (Å²) in [7, 11) is 0. The molecule has 0 N–H and O–H groups in total. The molecule has 166 valence electrons. The van der Waals surface area contributed by atoms with Crippen molar-refractivity contribution in [3.8, 4) is 0 Å². The van der Waals surface area contributed by atoms with E-state index < -0.39 is 0 Å². The van der Waals surface area contributed by atoms with Crippen molar-refractivity contribution in [2.24, 2.45) is 23.7 Å². The van der Waals surface area contributed by atoms with Crippen molar-refractivity contribution in [1.82, 2.24) is 0 Å². The Hall–Kier alpha value is -0.260. The van der Waals surface area contributed by atoms with E-state index >= 15 is 0 Å². The molecule has 1 aliphatic rings. The molecule has 0 saturated carbocycles. The minimum Gasteiger partial charge on any atom is -0.0810 e. The highest BCUT2D eigenvalue weighted by atomic mass is 14.2. The molecule has 0 aromatic heterocycles. The molecule has 0 bridgehead atoms. The zero-order valence-electron chi connectivity index (χ0n) is 20.2. The Balaban J connectivity index is 1.84. The predicted octanol–water partition coefficient (Wildman–Crippen LogP) is 10.1. The predicted molar refractivity (Wildman–Crippen MR) is 129 cm³/mol. The molecule has 0 heterocycles. The van der Waals surface area contributed by atoms with Crippen LogP contribution >= 0.6 is 0 Å². The molecule has 0 heteroatoms. The Labute approximate surface area is 179 Å². The van der Waals surface area contributed by atoms with Gasteiger partial charge in [0.05, 0.1) is 0 Å². The summed E-state index contributed by atoms with van der Waals surface area (Å²) in [6.07, 6.45) is 31.0.